The monoisotopic (exact) mass is 387 g/mol. The van der Waals surface area contributed by atoms with Crippen molar-refractivity contribution in [2.45, 2.75) is 96.9 Å². The molecular formula is C24H37NO3. The van der Waals surface area contributed by atoms with E-state index in [9.17, 15) is 5.21 Å². The normalized spacial score (nSPS) is 49.9. The van der Waals surface area contributed by atoms with Gasteiger partial charge < -0.3 is 14.7 Å². The molecule has 156 valence electrons. The smallest absolute Gasteiger partial charge is 0.157 e. The van der Waals surface area contributed by atoms with E-state index in [1.54, 1.807) is 5.57 Å². The summed E-state index contributed by atoms with van der Waals surface area (Å²) in [4.78, 5) is 0. The predicted molar refractivity (Wildman–Crippen MR) is 109 cm³/mol. The first kappa shape index (κ1) is 19.1. The van der Waals surface area contributed by atoms with Crippen molar-refractivity contribution >= 4 is 5.71 Å². The van der Waals surface area contributed by atoms with E-state index in [1.807, 2.05) is 0 Å². The molecule has 0 aromatic heterocycles. The van der Waals surface area contributed by atoms with Gasteiger partial charge >= 0.3 is 0 Å². The van der Waals surface area contributed by atoms with Crippen LogP contribution in [0.1, 0.15) is 84.5 Å². The predicted octanol–water partition coefficient (Wildman–Crippen LogP) is 5.69. The molecule has 5 rings (SSSR count). The Morgan fingerprint density at radius 1 is 1.04 bits per heavy atom. The van der Waals surface area contributed by atoms with Crippen LogP contribution in [0.4, 0.5) is 0 Å². The van der Waals surface area contributed by atoms with Crippen molar-refractivity contribution in [3.05, 3.63) is 11.6 Å². The lowest BCUT2D eigenvalue weighted by atomic mass is 9.47. The molecule has 4 heteroatoms. The number of ether oxygens (including phenoxy) is 2. The molecule has 1 aliphatic heterocycles. The Kier molecular flexibility index (Phi) is 4.86. The average Bonchev–Trinajstić information content (AvgIpc) is 3.04. The van der Waals surface area contributed by atoms with E-state index in [1.165, 1.54) is 51.4 Å². The summed E-state index contributed by atoms with van der Waals surface area (Å²) in [6.07, 6.45) is 15.9. The van der Waals surface area contributed by atoms with Gasteiger partial charge in [0.25, 0.3) is 0 Å². The van der Waals surface area contributed by atoms with Crippen LogP contribution in [-0.4, -0.2) is 29.9 Å². The van der Waals surface area contributed by atoms with Crippen LogP contribution in [0, 0.1) is 28.6 Å². The molecule has 3 saturated carbocycles. The quantitative estimate of drug-likeness (QED) is 0.489. The summed E-state index contributed by atoms with van der Waals surface area (Å²) in [5.74, 6) is 2.41. The van der Waals surface area contributed by atoms with Gasteiger partial charge in [0.15, 0.2) is 6.29 Å². The lowest BCUT2D eigenvalue weighted by Crippen LogP contribution is -2.52. The lowest BCUT2D eigenvalue weighted by Gasteiger charge is -2.58. The van der Waals surface area contributed by atoms with Crippen molar-refractivity contribution in [3.8, 4) is 0 Å². The number of fused-ring (bicyclic) bond motifs is 5. The van der Waals surface area contributed by atoms with Gasteiger partial charge in [-0.05, 0) is 105 Å². The number of allylic oxidation sites excluding steroid dienone is 2. The van der Waals surface area contributed by atoms with Crippen LogP contribution in [0.5, 0.6) is 0 Å². The highest BCUT2D eigenvalue weighted by molar-refractivity contribution is 5.96. The van der Waals surface area contributed by atoms with Crippen LogP contribution in [0.15, 0.2) is 16.8 Å². The molecule has 1 N–H and O–H groups in total. The largest absolute Gasteiger partial charge is 0.411 e. The van der Waals surface area contributed by atoms with Crippen LogP contribution in [0.25, 0.3) is 0 Å². The fourth-order valence-electron chi connectivity index (χ4n) is 7.83. The fourth-order valence-corrected chi connectivity index (χ4v) is 7.83. The molecule has 0 amide bonds. The second kappa shape index (κ2) is 7.12. The molecule has 0 radical (unpaired) electrons. The van der Waals surface area contributed by atoms with E-state index < -0.39 is 0 Å². The Labute approximate surface area is 169 Å². The van der Waals surface area contributed by atoms with Crippen LogP contribution in [0.2, 0.25) is 0 Å². The first-order chi connectivity index (χ1) is 13.5. The van der Waals surface area contributed by atoms with E-state index in [4.69, 9.17) is 9.47 Å². The number of hydrogen-bond donors (Lipinski definition) is 1. The first-order valence-corrected chi connectivity index (χ1v) is 11.7. The maximum atomic E-state index is 9.24. The fraction of sp³-hybridized carbons (Fsp3) is 0.875. The zero-order valence-corrected chi connectivity index (χ0v) is 17.7. The molecule has 28 heavy (non-hydrogen) atoms. The molecule has 0 aromatic rings. The Bertz CT molecular complexity index is 667. The molecule has 0 spiro atoms. The molecular weight excluding hydrogens is 350 g/mol. The van der Waals surface area contributed by atoms with Gasteiger partial charge in [-0.1, -0.05) is 24.6 Å². The highest BCUT2D eigenvalue weighted by Gasteiger charge is 2.59. The highest BCUT2D eigenvalue weighted by Crippen LogP contribution is 2.65. The zero-order valence-electron chi connectivity index (χ0n) is 17.7. The van der Waals surface area contributed by atoms with E-state index >= 15 is 0 Å². The molecule has 7 unspecified atom stereocenters. The first-order valence-electron chi connectivity index (χ1n) is 11.7. The van der Waals surface area contributed by atoms with Crippen molar-refractivity contribution in [1.82, 2.24) is 0 Å². The van der Waals surface area contributed by atoms with Gasteiger partial charge in [-0.15, -0.1) is 0 Å². The average molecular weight is 388 g/mol. The van der Waals surface area contributed by atoms with Crippen molar-refractivity contribution in [2.75, 3.05) is 6.61 Å². The molecule has 7 atom stereocenters. The topological polar surface area (TPSA) is 51.1 Å². The maximum Gasteiger partial charge on any atom is 0.157 e. The number of nitrogens with zero attached hydrogens (tertiary/aromatic N) is 1. The van der Waals surface area contributed by atoms with Crippen LogP contribution >= 0.6 is 0 Å². The Morgan fingerprint density at radius 3 is 2.71 bits per heavy atom. The highest BCUT2D eigenvalue weighted by atomic mass is 16.7. The summed E-state index contributed by atoms with van der Waals surface area (Å²) in [6, 6.07) is 0. The molecule has 0 bridgehead atoms. The van der Waals surface area contributed by atoms with Gasteiger partial charge in [-0.2, -0.15) is 0 Å². The van der Waals surface area contributed by atoms with Gasteiger partial charge in [-0.3, -0.25) is 0 Å². The van der Waals surface area contributed by atoms with E-state index in [-0.39, 0.29) is 6.29 Å². The molecule has 1 saturated heterocycles. The third-order valence-electron chi connectivity index (χ3n) is 9.47. The Balaban J connectivity index is 1.35. The SMILES string of the molecule is CC12CCC(=NO)C=C1CCC1C2CCC2(C)C(OC3CCCCO3)CCC12. The molecule has 4 nitrogen and oxygen atoms in total. The summed E-state index contributed by atoms with van der Waals surface area (Å²) in [5, 5.41) is 12.8. The standard InChI is InChI=1S/C24H37NO3/c1-23-12-10-17(25-26)15-16(23)6-7-18-19-8-9-21(24(19,2)13-11-20(18)23)28-22-5-3-4-14-27-22/h15,18-22,26H,3-14H2,1-2H3. The third-order valence-corrected chi connectivity index (χ3v) is 9.47. The lowest BCUT2D eigenvalue weighted by molar-refractivity contribution is -0.215. The summed E-state index contributed by atoms with van der Waals surface area (Å²) in [5.41, 5.74) is 3.07. The molecule has 0 aromatic carbocycles. The molecule has 1 heterocycles. The van der Waals surface area contributed by atoms with Gasteiger partial charge in [0, 0.05) is 6.61 Å². The van der Waals surface area contributed by atoms with Gasteiger partial charge in [0.1, 0.15) is 0 Å². The Hall–Kier alpha value is -0.870. The minimum absolute atomic E-state index is 0.0417. The second-order valence-corrected chi connectivity index (χ2v) is 10.6. The Morgan fingerprint density at radius 2 is 1.93 bits per heavy atom. The van der Waals surface area contributed by atoms with Crippen LogP contribution < -0.4 is 0 Å². The zero-order chi connectivity index (χ0) is 19.4. The van der Waals surface area contributed by atoms with E-state index in [2.05, 4.69) is 25.1 Å². The molecule has 4 fully saturated rings. The summed E-state index contributed by atoms with van der Waals surface area (Å²) >= 11 is 0. The van der Waals surface area contributed by atoms with Gasteiger partial charge in [0.2, 0.25) is 0 Å². The summed E-state index contributed by atoms with van der Waals surface area (Å²) < 4.78 is 12.5. The minimum atomic E-state index is 0.0417. The van der Waals surface area contributed by atoms with Crippen molar-refractivity contribution < 1.29 is 14.7 Å². The second-order valence-electron chi connectivity index (χ2n) is 10.6. The molecule has 5 aliphatic rings. The van der Waals surface area contributed by atoms with E-state index in [0.29, 0.717) is 16.9 Å². The van der Waals surface area contributed by atoms with Gasteiger partial charge in [-0.25, -0.2) is 0 Å². The van der Waals surface area contributed by atoms with E-state index in [0.717, 1.165) is 49.3 Å². The third kappa shape index (κ3) is 2.89. The van der Waals surface area contributed by atoms with Crippen molar-refractivity contribution in [2.24, 2.45) is 33.7 Å². The van der Waals surface area contributed by atoms with Crippen molar-refractivity contribution in [1.29, 1.82) is 0 Å². The minimum Gasteiger partial charge on any atom is -0.411 e. The number of hydrogen-bond acceptors (Lipinski definition) is 4. The van der Waals surface area contributed by atoms with Crippen molar-refractivity contribution in [3.63, 3.8) is 0 Å². The summed E-state index contributed by atoms with van der Waals surface area (Å²) in [6.45, 7) is 5.90. The summed E-state index contributed by atoms with van der Waals surface area (Å²) in [7, 11) is 0. The van der Waals surface area contributed by atoms with Crippen LogP contribution in [-0.2, 0) is 9.47 Å². The maximum absolute atomic E-state index is 9.24. The molecule has 4 aliphatic carbocycles. The van der Waals surface area contributed by atoms with Gasteiger partial charge in [0.05, 0.1) is 11.8 Å². The number of rotatable bonds is 2. The van der Waals surface area contributed by atoms with Crippen LogP contribution in [0.3, 0.4) is 0 Å². The number of oxime groups is 1.